The third kappa shape index (κ3) is 3.22. The molecule has 0 aliphatic heterocycles. The summed E-state index contributed by atoms with van der Waals surface area (Å²) in [5.74, 6) is -3.30. The van der Waals surface area contributed by atoms with Gasteiger partial charge in [0.2, 0.25) is 0 Å². The van der Waals surface area contributed by atoms with Gasteiger partial charge in [-0.3, -0.25) is 9.89 Å². The second kappa shape index (κ2) is 6.12. The number of amides is 1. The Morgan fingerprint density at radius 1 is 1.33 bits per heavy atom. The molecule has 1 heterocycles. The number of carbonyl (C=O) groups excluding carboxylic acids is 2. The predicted octanol–water partition coefficient (Wildman–Crippen LogP) is 2.12. The van der Waals surface area contributed by atoms with Crippen molar-refractivity contribution >= 4 is 17.7 Å². The number of H-pyrrole nitrogens is 1. The highest BCUT2D eigenvalue weighted by molar-refractivity contribution is 6.07. The van der Waals surface area contributed by atoms with Crippen LogP contribution in [0.15, 0.2) is 24.4 Å². The molecular weight excluding hydrogens is 284 g/mol. The summed E-state index contributed by atoms with van der Waals surface area (Å²) in [5.41, 5.74) is -0.499. The van der Waals surface area contributed by atoms with E-state index in [2.05, 4.69) is 15.5 Å². The number of aromatic nitrogens is 2. The van der Waals surface area contributed by atoms with E-state index in [1.807, 2.05) is 0 Å². The second-order valence-corrected chi connectivity index (χ2v) is 3.96. The molecule has 2 N–H and O–H groups in total. The zero-order valence-electron chi connectivity index (χ0n) is 10.9. The van der Waals surface area contributed by atoms with Crippen LogP contribution in [0.4, 0.5) is 14.6 Å². The maximum Gasteiger partial charge on any atom is 0.343 e. The number of benzene rings is 1. The zero-order valence-corrected chi connectivity index (χ0v) is 10.9. The van der Waals surface area contributed by atoms with Crippen molar-refractivity contribution in [3.8, 4) is 0 Å². The van der Waals surface area contributed by atoms with Gasteiger partial charge >= 0.3 is 5.97 Å². The molecular formula is C13H11F2N3O3. The Morgan fingerprint density at radius 3 is 2.81 bits per heavy atom. The van der Waals surface area contributed by atoms with Crippen molar-refractivity contribution in [1.29, 1.82) is 0 Å². The largest absolute Gasteiger partial charge is 0.462 e. The highest BCUT2D eigenvalue weighted by atomic mass is 19.1. The average molecular weight is 295 g/mol. The molecule has 0 saturated carbocycles. The predicted molar refractivity (Wildman–Crippen MR) is 68.9 cm³/mol. The zero-order chi connectivity index (χ0) is 15.4. The Hall–Kier alpha value is -2.77. The summed E-state index contributed by atoms with van der Waals surface area (Å²) in [4.78, 5) is 23.5. The summed E-state index contributed by atoms with van der Waals surface area (Å²) in [5, 5.41) is 8.23. The summed E-state index contributed by atoms with van der Waals surface area (Å²) < 4.78 is 31.3. The van der Waals surface area contributed by atoms with Gasteiger partial charge < -0.3 is 10.1 Å². The molecule has 1 amide bonds. The number of nitrogens with one attached hydrogen (secondary N) is 2. The molecule has 2 rings (SSSR count). The molecule has 1 aromatic carbocycles. The molecule has 0 aliphatic carbocycles. The van der Waals surface area contributed by atoms with Crippen LogP contribution in [0.5, 0.6) is 0 Å². The first-order valence-electron chi connectivity index (χ1n) is 5.99. The van der Waals surface area contributed by atoms with Crippen molar-refractivity contribution in [2.75, 3.05) is 11.9 Å². The van der Waals surface area contributed by atoms with E-state index in [0.717, 1.165) is 24.4 Å². The van der Waals surface area contributed by atoms with Crippen LogP contribution in [0.3, 0.4) is 0 Å². The molecule has 6 nitrogen and oxygen atoms in total. The van der Waals surface area contributed by atoms with E-state index in [9.17, 15) is 18.4 Å². The Kier molecular flexibility index (Phi) is 4.27. The molecule has 0 bridgehead atoms. The lowest BCUT2D eigenvalue weighted by molar-refractivity contribution is 0.0527. The van der Waals surface area contributed by atoms with Crippen LogP contribution < -0.4 is 5.32 Å². The van der Waals surface area contributed by atoms with Gasteiger partial charge in [0, 0.05) is 0 Å². The lowest BCUT2D eigenvalue weighted by Crippen LogP contribution is -2.17. The minimum atomic E-state index is -0.915. The molecule has 110 valence electrons. The van der Waals surface area contributed by atoms with Gasteiger partial charge in [0.15, 0.2) is 0 Å². The lowest BCUT2D eigenvalue weighted by Gasteiger charge is -2.06. The summed E-state index contributed by atoms with van der Waals surface area (Å²) >= 11 is 0. The van der Waals surface area contributed by atoms with Crippen molar-refractivity contribution in [3.05, 3.63) is 47.2 Å². The third-order valence-corrected chi connectivity index (χ3v) is 2.55. The van der Waals surface area contributed by atoms with Crippen molar-refractivity contribution in [2.24, 2.45) is 0 Å². The number of rotatable bonds is 4. The van der Waals surface area contributed by atoms with Crippen LogP contribution in [0.1, 0.15) is 27.6 Å². The average Bonchev–Trinajstić information content (AvgIpc) is 2.90. The minimum absolute atomic E-state index is 0.0120. The van der Waals surface area contributed by atoms with Crippen LogP contribution in [0, 0.1) is 11.6 Å². The monoisotopic (exact) mass is 295 g/mol. The Morgan fingerprint density at radius 2 is 2.10 bits per heavy atom. The molecule has 21 heavy (non-hydrogen) atoms. The van der Waals surface area contributed by atoms with E-state index >= 15 is 0 Å². The molecule has 0 atom stereocenters. The quantitative estimate of drug-likeness (QED) is 0.846. The standard InChI is InChI=1S/C13H11F2N3O3/c1-2-21-13(20)9-6-16-18-11(9)17-12(19)8-5-7(14)3-4-10(8)15/h3-6H,2H2,1H3,(H2,16,17,18,19). The molecule has 0 unspecified atom stereocenters. The van der Waals surface area contributed by atoms with E-state index < -0.39 is 29.1 Å². The Balaban J connectivity index is 2.22. The van der Waals surface area contributed by atoms with E-state index in [1.54, 1.807) is 6.92 Å². The molecule has 0 fully saturated rings. The fraction of sp³-hybridized carbons (Fsp3) is 0.154. The topological polar surface area (TPSA) is 84.1 Å². The number of hydrogen-bond donors (Lipinski definition) is 2. The highest BCUT2D eigenvalue weighted by Crippen LogP contribution is 2.16. The smallest absolute Gasteiger partial charge is 0.343 e. The second-order valence-electron chi connectivity index (χ2n) is 3.96. The van der Waals surface area contributed by atoms with Crippen LogP contribution in [-0.2, 0) is 4.74 Å². The lowest BCUT2D eigenvalue weighted by atomic mass is 10.2. The fourth-order valence-corrected chi connectivity index (χ4v) is 1.60. The molecule has 0 aliphatic rings. The van der Waals surface area contributed by atoms with E-state index in [4.69, 9.17) is 4.74 Å². The van der Waals surface area contributed by atoms with E-state index in [0.29, 0.717) is 0 Å². The van der Waals surface area contributed by atoms with Gasteiger partial charge in [-0.2, -0.15) is 5.10 Å². The van der Waals surface area contributed by atoms with Crippen LogP contribution in [0.2, 0.25) is 0 Å². The number of ether oxygens (including phenoxy) is 1. The highest BCUT2D eigenvalue weighted by Gasteiger charge is 2.19. The number of esters is 1. The molecule has 1 aromatic heterocycles. The van der Waals surface area contributed by atoms with Crippen LogP contribution in [0.25, 0.3) is 0 Å². The SMILES string of the molecule is CCOC(=O)c1cn[nH]c1NC(=O)c1cc(F)ccc1F. The normalized spacial score (nSPS) is 10.2. The van der Waals surface area contributed by atoms with Gasteiger partial charge in [0.25, 0.3) is 5.91 Å². The molecule has 8 heteroatoms. The number of halogens is 2. The summed E-state index contributed by atoms with van der Waals surface area (Å²) in [6.07, 6.45) is 1.16. The molecule has 0 radical (unpaired) electrons. The molecule has 0 spiro atoms. The van der Waals surface area contributed by atoms with E-state index in [-0.39, 0.29) is 18.0 Å². The van der Waals surface area contributed by atoms with Gasteiger partial charge in [0.05, 0.1) is 18.4 Å². The number of aromatic amines is 1. The fourth-order valence-electron chi connectivity index (χ4n) is 1.60. The van der Waals surface area contributed by atoms with E-state index in [1.165, 1.54) is 0 Å². The van der Waals surface area contributed by atoms with Crippen molar-refractivity contribution in [2.45, 2.75) is 6.92 Å². The van der Waals surface area contributed by atoms with Gasteiger partial charge in [-0.15, -0.1) is 0 Å². The Labute approximate surface area is 118 Å². The van der Waals surface area contributed by atoms with Crippen LogP contribution >= 0.6 is 0 Å². The number of carbonyl (C=O) groups is 2. The molecule has 0 saturated heterocycles. The summed E-state index contributed by atoms with van der Waals surface area (Å²) in [6.45, 7) is 1.77. The van der Waals surface area contributed by atoms with Gasteiger partial charge in [-0.05, 0) is 25.1 Å². The Bertz CT molecular complexity index is 685. The summed E-state index contributed by atoms with van der Waals surface area (Å²) in [6, 6.07) is 2.49. The van der Waals surface area contributed by atoms with Crippen molar-refractivity contribution in [1.82, 2.24) is 10.2 Å². The first-order chi connectivity index (χ1) is 10.0. The van der Waals surface area contributed by atoms with Crippen molar-refractivity contribution < 1.29 is 23.1 Å². The molecule has 2 aromatic rings. The minimum Gasteiger partial charge on any atom is -0.462 e. The number of anilines is 1. The number of nitrogens with zero attached hydrogens (tertiary/aromatic N) is 1. The van der Waals surface area contributed by atoms with Gasteiger partial charge in [-0.1, -0.05) is 0 Å². The first-order valence-corrected chi connectivity index (χ1v) is 5.99. The first kappa shape index (κ1) is 14.6. The van der Waals surface area contributed by atoms with Gasteiger partial charge in [-0.25, -0.2) is 13.6 Å². The van der Waals surface area contributed by atoms with Crippen molar-refractivity contribution in [3.63, 3.8) is 0 Å². The maximum atomic E-state index is 13.5. The third-order valence-electron chi connectivity index (χ3n) is 2.55. The van der Waals surface area contributed by atoms with Crippen LogP contribution in [-0.4, -0.2) is 28.7 Å². The maximum absolute atomic E-state index is 13.5. The van der Waals surface area contributed by atoms with Gasteiger partial charge in [0.1, 0.15) is 23.0 Å². The number of hydrogen-bond acceptors (Lipinski definition) is 4. The summed E-state index contributed by atoms with van der Waals surface area (Å²) in [7, 11) is 0.